The Morgan fingerprint density at radius 1 is 1.32 bits per heavy atom. The quantitative estimate of drug-likeness (QED) is 0.741. The van der Waals surface area contributed by atoms with E-state index in [0.29, 0.717) is 17.9 Å². The van der Waals surface area contributed by atoms with E-state index in [1.807, 2.05) is 0 Å². The molecule has 114 valence electrons. The van der Waals surface area contributed by atoms with Crippen molar-refractivity contribution in [3.63, 3.8) is 0 Å². The van der Waals surface area contributed by atoms with Gasteiger partial charge >= 0.3 is 0 Å². The molecule has 3 heterocycles. The summed E-state index contributed by atoms with van der Waals surface area (Å²) < 4.78 is 6.49. The number of fused-ring (bicyclic) bond motifs is 6. The summed E-state index contributed by atoms with van der Waals surface area (Å²) >= 11 is 0. The Bertz CT molecular complexity index is 682. The highest BCUT2D eigenvalue weighted by Gasteiger charge is 2.77. The Morgan fingerprint density at radius 3 is 3.09 bits per heavy atom. The second-order valence-electron chi connectivity index (χ2n) is 7.12. The Balaban J connectivity index is 1.55. The molecule has 5 rings (SSSR count). The lowest BCUT2D eigenvalue weighted by atomic mass is 9.80. The third kappa shape index (κ3) is 1.39. The van der Waals surface area contributed by atoms with E-state index in [9.17, 15) is 0 Å². The first-order valence-corrected chi connectivity index (χ1v) is 8.30. The van der Waals surface area contributed by atoms with E-state index in [2.05, 4.69) is 66.4 Å². The minimum atomic E-state index is -0.197. The van der Waals surface area contributed by atoms with E-state index in [0.717, 1.165) is 19.6 Å². The zero-order valence-electron chi connectivity index (χ0n) is 13.2. The summed E-state index contributed by atoms with van der Waals surface area (Å²) in [5.41, 5.74) is 4.24. The Morgan fingerprint density at radius 2 is 2.23 bits per heavy atom. The van der Waals surface area contributed by atoms with Gasteiger partial charge in [0.15, 0.2) is 0 Å². The van der Waals surface area contributed by atoms with Crippen molar-refractivity contribution in [3.8, 4) is 0 Å². The van der Waals surface area contributed by atoms with Crippen LogP contribution >= 0.6 is 0 Å². The van der Waals surface area contributed by atoms with Gasteiger partial charge < -0.3 is 14.5 Å². The first-order chi connectivity index (χ1) is 10.7. The fraction of sp³-hybridized carbons (Fsp3) is 0.474. The second kappa shape index (κ2) is 4.24. The zero-order valence-corrected chi connectivity index (χ0v) is 13.2. The molecule has 3 heteroatoms. The third-order valence-electron chi connectivity index (χ3n) is 5.71. The van der Waals surface area contributed by atoms with Gasteiger partial charge in [0.25, 0.3) is 0 Å². The van der Waals surface area contributed by atoms with Gasteiger partial charge in [-0.15, -0.1) is 0 Å². The summed E-state index contributed by atoms with van der Waals surface area (Å²) in [5.74, 6) is 1.18. The van der Waals surface area contributed by atoms with E-state index in [4.69, 9.17) is 4.74 Å². The summed E-state index contributed by atoms with van der Waals surface area (Å²) in [6, 6.07) is 0.571. The molecule has 0 radical (unpaired) electrons. The van der Waals surface area contributed by atoms with Crippen LogP contribution in [0.2, 0.25) is 0 Å². The zero-order chi connectivity index (χ0) is 14.9. The van der Waals surface area contributed by atoms with Gasteiger partial charge in [-0.05, 0) is 31.7 Å². The number of hydrogen-bond donors (Lipinski definition) is 0. The molecule has 0 aromatic rings. The second-order valence-corrected chi connectivity index (χ2v) is 7.12. The largest absolute Gasteiger partial charge is 0.345 e. The van der Waals surface area contributed by atoms with Crippen molar-refractivity contribution in [2.75, 3.05) is 27.2 Å². The van der Waals surface area contributed by atoms with E-state index in [-0.39, 0.29) is 5.72 Å². The van der Waals surface area contributed by atoms with Crippen LogP contribution in [0.1, 0.15) is 6.42 Å². The first kappa shape index (κ1) is 12.9. The molecule has 0 bridgehead atoms. The van der Waals surface area contributed by atoms with Crippen molar-refractivity contribution in [2.45, 2.75) is 18.2 Å². The van der Waals surface area contributed by atoms with Crippen molar-refractivity contribution in [3.05, 3.63) is 59.4 Å². The maximum atomic E-state index is 6.49. The smallest absolute Gasteiger partial charge is 0.206 e. The summed E-state index contributed by atoms with van der Waals surface area (Å²) in [4.78, 5) is 4.76. The molecule has 0 N–H and O–H groups in total. The first-order valence-electron chi connectivity index (χ1n) is 8.30. The number of piperidine rings is 1. The van der Waals surface area contributed by atoms with Crippen molar-refractivity contribution in [2.24, 2.45) is 11.8 Å². The minimum Gasteiger partial charge on any atom is -0.345 e. The molecule has 4 atom stereocenters. The van der Waals surface area contributed by atoms with Crippen LogP contribution in [0.5, 0.6) is 0 Å². The average Bonchev–Trinajstić information content (AvgIpc) is 2.94. The molecular formula is C19H22N2O. The molecule has 2 fully saturated rings. The highest BCUT2D eigenvalue weighted by Crippen LogP contribution is 2.71. The van der Waals surface area contributed by atoms with Crippen molar-refractivity contribution < 1.29 is 4.74 Å². The van der Waals surface area contributed by atoms with E-state index >= 15 is 0 Å². The standard InChI is InChI=1S/C19H22N2O/c1-20(2)11-12-22-19-16-10-6-5-9-15(16)17-13-7-3-4-8-14(13)18(19)21(17)19/h3-8,10,13,15,17H,9,11-12H2,1-2H3. The summed E-state index contributed by atoms with van der Waals surface area (Å²) in [5, 5.41) is 0. The molecule has 2 aliphatic carbocycles. The van der Waals surface area contributed by atoms with Gasteiger partial charge in [-0.1, -0.05) is 42.5 Å². The molecule has 3 aliphatic heterocycles. The fourth-order valence-corrected chi connectivity index (χ4v) is 4.83. The summed E-state index contributed by atoms with van der Waals surface area (Å²) in [6.45, 7) is 1.75. The van der Waals surface area contributed by atoms with Gasteiger partial charge in [0, 0.05) is 24.4 Å². The van der Waals surface area contributed by atoms with Gasteiger partial charge in [-0.25, -0.2) is 0 Å². The normalized spacial score (nSPS) is 39.3. The molecule has 3 nitrogen and oxygen atoms in total. The van der Waals surface area contributed by atoms with Gasteiger partial charge in [-0.2, -0.15) is 0 Å². The van der Waals surface area contributed by atoms with Crippen molar-refractivity contribution in [1.29, 1.82) is 0 Å². The molecular weight excluding hydrogens is 272 g/mol. The summed E-state index contributed by atoms with van der Waals surface area (Å²) in [6.07, 6.45) is 17.0. The molecule has 0 aromatic heterocycles. The van der Waals surface area contributed by atoms with Crippen molar-refractivity contribution >= 4 is 0 Å². The molecule has 2 saturated heterocycles. The van der Waals surface area contributed by atoms with Crippen LogP contribution in [0.4, 0.5) is 0 Å². The average molecular weight is 294 g/mol. The third-order valence-corrected chi connectivity index (χ3v) is 5.71. The van der Waals surface area contributed by atoms with Gasteiger partial charge in [-0.3, -0.25) is 0 Å². The van der Waals surface area contributed by atoms with Crippen LogP contribution in [0.3, 0.4) is 0 Å². The predicted octanol–water partition coefficient (Wildman–Crippen LogP) is 2.47. The Labute approximate surface area is 131 Å². The summed E-state index contributed by atoms with van der Waals surface area (Å²) in [7, 11) is 4.20. The van der Waals surface area contributed by atoms with Crippen molar-refractivity contribution in [1.82, 2.24) is 9.80 Å². The van der Waals surface area contributed by atoms with Gasteiger partial charge in [0.2, 0.25) is 5.72 Å². The SMILES string of the molecule is CN(C)CCOC12C3=CC=CCC3C3C4C=CC=CC4=C1N32. The van der Waals surface area contributed by atoms with Gasteiger partial charge in [0.05, 0.1) is 12.3 Å². The van der Waals surface area contributed by atoms with Crippen LogP contribution in [0.25, 0.3) is 0 Å². The lowest BCUT2D eigenvalue weighted by Gasteiger charge is -2.26. The molecule has 0 amide bonds. The van der Waals surface area contributed by atoms with Crippen LogP contribution in [0.15, 0.2) is 59.4 Å². The number of ether oxygens (including phenoxy) is 1. The van der Waals surface area contributed by atoms with Gasteiger partial charge in [0.1, 0.15) is 0 Å². The monoisotopic (exact) mass is 294 g/mol. The molecule has 4 unspecified atom stereocenters. The number of nitrogens with zero attached hydrogens (tertiary/aromatic N) is 2. The number of hydrogen-bond acceptors (Lipinski definition) is 3. The minimum absolute atomic E-state index is 0.197. The van der Waals surface area contributed by atoms with E-state index in [1.54, 1.807) is 0 Å². The number of allylic oxidation sites excluding steroid dienone is 6. The molecule has 0 spiro atoms. The van der Waals surface area contributed by atoms with Crippen LogP contribution in [-0.4, -0.2) is 48.8 Å². The number of likely N-dealkylation sites (N-methyl/N-ethyl adjacent to an activating group) is 1. The lowest BCUT2D eigenvalue weighted by Crippen LogP contribution is -2.30. The lowest BCUT2D eigenvalue weighted by molar-refractivity contribution is 0.0190. The maximum Gasteiger partial charge on any atom is 0.206 e. The Kier molecular flexibility index (Phi) is 2.49. The molecule has 5 aliphatic rings. The topological polar surface area (TPSA) is 15.5 Å². The molecule has 0 aromatic carbocycles. The highest BCUT2D eigenvalue weighted by molar-refractivity contribution is 5.65. The molecule has 22 heavy (non-hydrogen) atoms. The van der Waals surface area contributed by atoms with Crippen LogP contribution < -0.4 is 0 Å². The number of rotatable bonds is 4. The predicted molar refractivity (Wildman–Crippen MR) is 87.0 cm³/mol. The van der Waals surface area contributed by atoms with Crippen LogP contribution in [0, 0.1) is 11.8 Å². The van der Waals surface area contributed by atoms with E-state index < -0.39 is 0 Å². The van der Waals surface area contributed by atoms with E-state index in [1.165, 1.54) is 16.8 Å². The Hall–Kier alpha value is -1.58. The fourth-order valence-electron chi connectivity index (χ4n) is 4.83. The molecule has 0 saturated carbocycles. The highest BCUT2D eigenvalue weighted by atomic mass is 16.5. The van der Waals surface area contributed by atoms with Crippen LogP contribution in [-0.2, 0) is 4.74 Å². The maximum absolute atomic E-state index is 6.49.